The van der Waals surface area contributed by atoms with Crippen molar-refractivity contribution in [3.63, 3.8) is 0 Å². The van der Waals surface area contributed by atoms with Crippen molar-refractivity contribution in [2.75, 3.05) is 14.2 Å². The Kier molecular flexibility index (Phi) is 4.13. The Hall–Kier alpha value is -1.35. The van der Waals surface area contributed by atoms with Gasteiger partial charge in [0.25, 0.3) is 0 Å². The Morgan fingerprint density at radius 2 is 2.07 bits per heavy atom. The van der Waals surface area contributed by atoms with Crippen LogP contribution in [0.2, 0.25) is 0 Å². The van der Waals surface area contributed by atoms with Crippen LogP contribution in [0.15, 0.2) is 24.3 Å². The molecule has 0 aromatic heterocycles. The number of rotatable bonds is 5. The predicted octanol–water partition coefficient (Wildman–Crippen LogP) is 1.97. The van der Waals surface area contributed by atoms with Crippen LogP contribution in [0, 0.1) is 0 Å². The van der Waals surface area contributed by atoms with Gasteiger partial charge >= 0.3 is 0 Å². The quantitative estimate of drug-likeness (QED) is 0.672. The lowest BCUT2D eigenvalue weighted by Gasteiger charge is -2.15. The Balaban J connectivity index is 2.95. The highest BCUT2D eigenvalue weighted by Crippen LogP contribution is 2.28. The van der Waals surface area contributed by atoms with E-state index in [1.165, 1.54) is 0 Å². The van der Waals surface area contributed by atoms with Crippen molar-refractivity contribution in [1.82, 2.24) is 0 Å². The van der Waals surface area contributed by atoms with Crippen molar-refractivity contribution >= 4 is 6.29 Å². The van der Waals surface area contributed by atoms with Crippen LogP contribution in [-0.4, -0.2) is 20.5 Å². The van der Waals surface area contributed by atoms with Gasteiger partial charge in [-0.05, 0) is 6.07 Å². The number of benzene rings is 1. The maximum atomic E-state index is 10.4. The zero-order valence-electron chi connectivity index (χ0n) is 8.40. The van der Waals surface area contributed by atoms with Crippen LogP contribution in [0.4, 0.5) is 0 Å². The fourth-order valence-electron chi connectivity index (χ4n) is 1.37. The van der Waals surface area contributed by atoms with Gasteiger partial charge in [0.2, 0.25) is 0 Å². The molecule has 0 spiro atoms. The number of hydrogen-bond donors (Lipinski definition) is 0. The molecular weight excluding hydrogens is 180 g/mol. The van der Waals surface area contributed by atoms with Gasteiger partial charge < -0.3 is 14.3 Å². The molecule has 0 bridgehead atoms. The summed E-state index contributed by atoms with van der Waals surface area (Å²) in [6.07, 6.45) is 0.973. The average Bonchev–Trinajstić information content (AvgIpc) is 2.26. The molecule has 0 heterocycles. The molecule has 0 aliphatic heterocycles. The topological polar surface area (TPSA) is 35.5 Å². The van der Waals surface area contributed by atoms with Crippen molar-refractivity contribution in [2.24, 2.45) is 0 Å². The molecule has 0 N–H and O–H groups in total. The second-order valence-electron chi connectivity index (χ2n) is 2.87. The van der Waals surface area contributed by atoms with Crippen LogP contribution in [0.25, 0.3) is 0 Å². The minimum absolute atomic E-state index is 0.219. The average molecular weight is 194 g/mol. The Morgan fingerprint density at radius 1 is 1.36 bits per heavy atom. The van der Waals surface area contributed by atoms with Crippen LogP contribution in [-0.2, 0) is 9.53 Å². The number of carbonyl (C=O) groups excluding carboxylic acids is 1. The molecule has 1 aromatic carbocycles. The summed E-state index contributed by atoms with van der Waals surface area (Å²) in [5.74, 6) is 0.751. The zero-order valence-corrected chi connectivity index (χ0v) is 8.40. The minimum atomic E-state index is -0.219. The molecule has 0 saturated heterocycles. The number of ether oxygens (including phenoxy) is 2. The monoisotopic (exact) mass is 194 g/mol. The van der Waals surface area contributed by atoms with Gasteiger partial charge in [0, 0.05) is 19.1 Å². The maximum Gasteiger partial charge on any atom is 0.124 e. The summed E-state index contributed by atoms with van der Waals surface area (Å²) in [6, 6.07) is 7.54. The van der Waals surface area contributed by atoms with Gasteiger partial charge in [0.1, 0.15) is 12.0 Å². The van der Waals surface area contributed by atoms with Crippen molar-refractivity contribution in [3.05, 3.63) is 29.8 Å². The summed E-state index contributed by atoms with van der Waals surface area (Å²) in [5.41, 5.74) is 0.907. The molecule has 1 unspecified atom stereocenters. The highest BCUT2D eigenvalue weighted by atomic mass is 16.5. The van der Waals surface area contributed by atoms with Crippen LogP contribution in [0.5, 0.6) is 5.75 Å². The lowest BCUT2D eigenvalue weighted by atomic mass is 10.1. The van der Waals surface area contributed by atoms with Crippen LogP contribution < -0.4 is 4.74 Å². The van der Waals surface area contributed by atoms with Gasteiger partial charge in [-0.1, -0.05) is 18.2 Å². The number of methoxy groups -OCH3 is 2. The molecule has 3 nitrogen and oxygen atoms in total. The van der Waals surface area contributed by atoms with E-state index in [-0.39, 0.29) is 6.10 Å². The summed E-state index contributed by atoms with van der Waals surface area (Å²) in [6.45, 7) is 0. The molecule has 76 valence electrons. The summed E-state index contributed by atoms with van der Waals surface area (Å²) < 4.78 is 10.4. The van der Waals surface area contributed by atoms with E-state index < -0.39 is 0 Å². The molecule has 1 atom stereocenters. The van der Waals surface area contributed by atoms with Gasteiger partial charge in [-0.15, -0.1) is 0 Å². The second kappa shape index (κ2) is 5.40. The van der Waals surface area contributed by atoms with Gasteiger partial charge in [-0.25, -0.2) is 0 Å². The van der Waals surface area contributed by atoms with Crippen molar-refractivity contribution in [3.8, 4) is 5.75 Å². The third-order valence-electron chi connectivity index (χ3n) is 2.08. The smallest absolute Gasteiger partial charge is 0.124 e. The highest BCUT2D eigenvalue weighted by Gasteiger charge is 2.13. The van der Waals surface area contributed by atoms with Crippen LogP contribution in [0.3, 0.4) is 0 Å². The number of hydrogen-bond acceptors (Lipinski definition) is 3. The molecule has 0 aliphatic rings. The van der Waals surface area contributed by atoms with E-state index in [1.807, 2.05) is 24.3 Å². The van der Waals surface area contributed by atoms with Crippen molar-refractivity contribution in [1.29, 1.82) is 0 Å². The van der Waals surface area contributed by atoms with E-state index in [4.69, 9.17) is 9.47 Å². The lowest BCUT2D eigenvalue weighted by Crippen LogP contribution is -2.04. The number of carbonyl (C=O) groups is 1. The zero-order chi connectivity index (χ0) is 10.4. The number of aldehydes is 1. The van der Waals surface area contributed by atoms with E-state index >= 15 is 0 Å². The van der Waals surface area contributed by atoms with E-state index in [0.29, 0.717) is 6.42 Å². The highest BCUT2D eigenvalue weighted by molar-refractivity contribution is 5.52. The first kappa shape index (κ1) is 10.7. The predicted molar refractivity (Wildman–Crippen MR) is 53.4 cm³/mol. The molecular formula is C11H14O3. The Morgan fingerprint density at radius 3 is 2.64 bits per heavy atom. The fraction of sp³-hybridized carbons (Fsp3) is 0.364. The second-order valence-corrected chi connectivity index (χ2v) is 2.87. The molecule has 14 heavy (non-hydrogen) atoms. The summed E-state index contributed by atoms with van der Waals surface area (Å²) in [7, 11) is 3.19. The third-order valence-corrected chi connectivity index (χ3v) is 2.08. The SMILES string of the molecule is COc1ccccc1C(CC=O)OC. The first-order valence-electron chi connectivity index (χ1n) is 4.42. The molecule has 0 fully saturated rings. The van der Waals surface area contributed by atoms with E-state index in [9.17, 15) is 4.79 Å². The van der Waals surface area contributed by atoms with Gasteiger partial charge in [-0.2, -0.15) is 0 Å². The minimum Gasteiger partial charge on any atom is -0.496 e. The standard InChI is InChI=1S/C11H14O3/c1-13-10-6-4-3-5-9(10)11(14-2)7-8-12/h3-6,8,11H,7H2,1-2H3. The molecule has 0 amide bonds. The van der Waals surface area contributed by atoms with Crippen LogP contribution >= 0.6 is 0 Å². The summed E-state index contributed by atoms with van der Waals surface area (Å²) in [4.78, 5) is 10.4. The van der Waals surface area contributed by atoms with E-state index in [2.05, 4.69) is 0 Å². The first-order valence-corrected chi connectivity index (χ1v) is 4.42. The third kappa shape index (κ3) is 2.33. The largest absolute Gasteiger partial charge is 0.496 e. The fourth-order valence-corrected chi connectivity index (χ4v) is 1.37. The number of para-hydroxylation sites is 1. The van der Waals surface area contributed by atoms with Crippen LogP contribution in [0.1, 0.15) is 18.1 Å². The first-order chi connectivity index (χ1) is 6.83. The summed E-state index contributed by atoms with van der Waals surface area (Å²) in [5, 5.41) is 0. The molecule has 1 aromatic rings. The maximum absolute atomic E-state index is 10.4. The van der Waals surface area contributed by atoms with Gasteiger partial charge in [0.05, 0.1) is 13.2 Å². The molecule has 0 saturated carbocycles. The summed E-state index contributed by atoms with van der Waals surface area (Å²) >= 11 is 0. The van der Waals surface area contributed by atoms with Crippen molar-refractivity contribution < 1.29 is 14.3 Å². The molecule has 3 heteroatoms. The van der Waals surface area contributed by atoms with Gasteiger partial charge in [0.15, 0.2) is 0 Å². The molecule has 0 aliphatic carbocycles. The Labute approximate surface area is 83.6 Å². The lowest BCUT2D eigenvalue weighted by molar-refractivity contribution is -0.110. The molecule has 0 radical (unpaired) electrons. The Bertz CT molecular complexity index is 296. The van der Waals surface area contributed by atoms with E-state index in [1.54, 1.807) is 14.2 Å². The molecule has 1 rings (SSSR count). The van der Waals surface area contributed by atoms with Crippen molar-refractivity contribution in [2.45, 2.75) is 12.5 Å². The van der Waals surface area contributed by atoms with E-state index in [0.717, 1.165) is 17.6 Å². The van der Waals surface area contributed by atoms with Gasteiger partial charge in [-0.3, -0.25) is 0 Å². The normalized spacial score (nSPS) is 12.1.